The highest BCUT2D eigenvalue weighted by molar-refractivity contribution is 6.04. The van der Waals surface area contributed by atoms with Crippen LogP contribution in [0, 0.1) is 6.92 Å². The Morgan fingerprint density at radius 2 is 2.14 bits per heavy atom. The van der Waals surface area contributed by atoms with Crippen LogP contribution in [0.2, 0.25) is 0 Å². The molecule has 8 heteroatoms. The Morgan fingerprint density at radius 3 is 2.77 bits per heavy atom. The van der Waals surface area contributed by atoms with Crippen LogP contribution in [0.5, 0.6) is 0 Å². The maximum absolute atomic E-state index is 12.5. The van der Waals surface area contributed by atoms with Gasteiger partial charge in [-0.25, -0.2) is 13.5 Å². The highest BCUT2D eigenvalue weighted by atomic mass is 19.3. The lowest BCUT2D eigenvalue weighted by Gasteiger charge is -2.04. The monoisotopic (exact) mass is 310 g/mol. The first-order chi connectivity index (χ1) is 10.5. The Kier molecular flexibility index (Phi) is 5.16. The molecule has 0 aliphatic rings. The maximum Gasteiger partial charge on any atom is 0.258 e. The van der Waals surface area contributed by atoms with Gasteiger partial charge in [0.05, 0.1) is 0 Å². The van der Waals surface area contributed by atoms with E-state index in [1.807, 2.05) is 6.07 Å². The van der Waals surface area contributed by atoms with Crippen molar-refractivity contribution in [3.8, 4) is 0 Å². The van der Waals surface area contributed by atoms with Crippen LogP contribution in [0.25, 0.3) is 0 Å². The zero-order chi connectivity index (χ0) is 16.1. The molecular formula is C14H16F2N4O2. The summed E-state index contributed by atoms with van der Waals surface area (Å²) in [5.41, 5.74) is 1.27. The summed E-state index contributed by atoms with van der Waals surface area (Å²) in [5.74, 6) is -0.194. The lowest BCUT2D eigenvalue weighted by atomic mass is 10.1. The molecule has 0 saturated carbocycles. The fourth-order valence-corrected chi connectivity index (χ4v) is 1.94. The van der Waals surface area contributed by atoms with Crippen LogP contribution in [0.15, 0.2) is 24.3 Å². The van der Waals surface area contributed by atoms with Gasteiger partial charge in [0, 0.05) is 12.7 Å². The van der Waals surface area contributed by atoms with Gasteiger partial charge in [0.25, 0.3) is 12.3 Å². The second-order valence-electron chi connectivity index (χ2n) is 4.63. The second kappa shape index (κ2) is 7.08. The number of carbonyl (C=O) groups is 1. The predicted molar refractivity (Wildman–Crippen MR) is 75.9 cm³/mol. The SMILES string of the molecule is COCc1nc(NC(=O)c2ccccc2C)nn1CC(F)F. The van der Waals surface area contributed by atoms with Crippen LogP contribution in [0.1, 0.15) is 21.7 Å². The Morgan fingerprint density at radius 1 is 1.41 bits per heavy atom. The van der Waals surface area contributed by atoms with E-state index in [1.165, 1.54) is 7.11 Å². The zero-order valence-electron chi connectivity index (χ0n) is 12.2. The van der Waals surface area contributed by atoms with Crippen LogP contribution in [-0.4, -0.2) is 34.2 Å². The summed E-state index contributed by atoms with van der Waals surface area (Å²) in [6.07, 6.45) is -2.57. The highest BCUT2D eigenvalue weighted by Gasteiger charge is 2.16. The number of halogens is 2. The molecule has 0 aliphatic carbocycles. The lowest BCUT2D eigenvalue weighted by molar-refractivity contribution is 0.102. The Hall–Kier alpha value is -2.35. The van der Waals surface area contributed by atoms with E-state index in [0.717, 1.165) is 10.2 Å². The quantitative estimate of drug-likeness (QED) is 0.888. The van der Waals surface area contributed by atoms with Gasteiger partial charge in [-0.15, -0.1) is 5.10 Å². The van der Waals surface area contributed by atoms with Crippen molar-refractivity contribution >= 4 is 11.9 Å². The minimum Gasteiger partial charge on any atom is -0.377 e. The van der Waals surface area contributed by atoms with Crippen molar-refractivity contribution in [1.29, 1.82) is 0 Å². The number of anilines is 1. The second-order valence-corrected chi connectivity index (χ2v) is 4.63. The number of hydrogen-bond donors (Lipinski definition) is 1. The van der Waals surface area contributed by atoms with Gasteiger partial charge in [0.15, 0.2) is 5.82 Å². The van der Waals surface area contributed by atoms with Crippen molar-refractivity contribution in [1.82, 2.24) is 14.8 Å². The van der Waals surface area contributed by atoms with E-state index in [-0.39, 0.29) is 18.4 Å². The molecule has 0 bridgehead atoms. The Labute approximate surface area is 126 Å². The number of methoxy groups -OCH3 is 1. The Balaban J connectivity index is 2.19. The van der Waals surface area contributed by atoms with Crippen molar-refractivity contribution < 1.29 is 18.3 Å². The van der Waals surface area contributed by atoms with Crippen molar-refractivity contribution in [2.75, 3.05) is 12.4 Å². The number of hydrogen-bond acceptors (Lipinski definition) is 4. The third-order valence-corrected chi connectivity index (χ3v) is 2.95. The third kappa shape index (κ3) is 3.85. The van der Waals surface area contributed by atoms with E-state index < -0.39 is 18.9 Å². The average Bonchev–Trinajstić information content (AvgIpc) is 2.80. The molecule has 0 saturated heterocycles. The summed E-state index contributed by atoms with van der Waals surface area (Å²) in [7, 11) is 1.42. The molecule has 0 atom stereocenters. The molecule has 1 aromatic heterocycles. The van der Waals surface area contributed by atoms with Gasteiger partial charge < -0.3 is 4.74 Å². The van der Waals surface area contributed by atoms with Crippen molar-refractivity contribution in [3.63, 3.8) is 0 Å². The fraction of sp³-hybridized carbons (Fsp3) is 0.357. The summed E-state index contributed by atoms with van der Waals surface area (Å²) in [6, 6.07) is 7.02. The predicted octanol–water partition coefficient (Wildman–Crippen LogP) is 2.25. The summed E-state index contributed by atoms with van der Waals surface area (Å²) in [5, 5.41) is 6.39. The molecule has 118 valence electrons. The minimum absolute atomic E-state index is 0.0269. The summed E-state index contributed by atoms with van der Waals surface area (Å²) >= 11 is 0. The smallest absolute Gasteiger partial charge is 0.258 e. The molecule has 0 radical (unpaired) electrons. The lowest BCUT2D eigenvalue weighted by Crippen LogP contribution is -2.15. The standard InChI is InChI=1S/C14H16F2N4O2/c1-9-5-3-4-6-10(9)13(21)18-14-17-12(8-22-2)20(19-14)7-11(15)16/h3-6,11H,7-8H2,1-2H3,(H,18,19,21). The molecule has 0 spiro atoms. The number of nitrogens with one attached hydrogen (secondary N) is 1. The summed E-state index contributed by atoms with van der Waals surface area (Å²) < 4.78 is 30.9. The molecule has 22 heavy (non-hydrogen) atoms. The van der Waals surface area contributed by atoms with Crippen LogP contribution >= 0.6 is 0 Å². The largest absolute Gasteiger partial charge is 0.377 e. The number of alkyl halides is 2. The first-order valence-corrected chi connectivity index (χ1v) is 6.59. The van der Waals surface area contributed by atoms with Gasteiger partial charge in [-0.3, -0.25) is 10.1 Å². The third-order valence-electron chi connectivity index (χ3n) is 2.95. The van der Waals surface area contributed by atoms with Gasteiger partial charge >= 0.3 is 0 Å². The van der Waals surface area contributed by atoms with Gasteiger partial charge in [-0.1, -0.05) is 18.2 Å². The number of amides is 1. The number of carbonyl (C=O) groups excluding carboxylic acids is 1. The molecule has 2 aromatic rings. The molecule has 0 fully saturated rings. The van der Waals surface area contributed by atoms with Crippen LogP contribution in [0.4, 0.5) is 14.7 Å². The van der Waals surface area contributed by atoms with E-state index >= 15 is 0 Å². The van der Waals surface area contributed by atoms with Gasteiger partial charge in [0.2, 0.25) is 5.95 Å². The van der Waals surface area contributed by atoms with E-state index in [0.29, 0.717) is 5.56 Å². The van der Waals surface area contributed by atoms with Crippen LogP contribution < -0.4 is 5.32 Å². The normalized spacial score (nSPS) is 11.0. The van der Waals surface area contributed by atoms with E-state index in [4.69, 9.17) is 4.74 Å². The number of rotatable bonds is 6. The first kappa shape index (κ1) is 16.0. The fourth-order valence-electron chi connectivity index (χ4n) is 1.94. The van der Waals surface area contributed by atoms with Crippen molar-refractivity contribution in [3.05, 3.63) is 41.2 Å². The van der Waals surface area contributed by atoms with E-state index in [2.05, 4.69) is 15.4 Å². The first-order valence-electron chi connectivity index (χ1n) is 6.59. The molecule has 0 unspecified atom stereocenters. The van der Waals surface area contributed by atoms with Crippen molar-refractivity contribution in [2.24, 2.45) is 0 Å². The molecule has 2 rings (SSSR count). The summed E-state index contributed by atoms with van der Waals surface area (Å²) in [6.45, 7) is 1.22. The zero-order valence-corrected chi connectivity index (χ0v) is 12.2. The number of aryl methyl sites for hydroxylation is 1. The molecule has 0 aliphatic heterocycles. The topological polar surface area (TPSA) is 69.0 Å². The summed E-state index contributed by atoms with van der Waals surface area (Å²) in [4.78, 5) is 16.2. The molecule has 6 nitrogen and oxygen atoms in total. The van der Waals surface area contributed by atoms with Crippen LogP contribution in [0.3, 0.4) is 0 Å². The Bertz CT molecular complexity index is 658. The van der Waals surface area contributed by atoms with Crippen molar-refractivity contribution in [2.45, 2.75) is 26.5 Å². The number of aromatic nitrogens is 3. The molecule has 1 N–H and O–H groups in total. The molecule has 1 amide bonds. The molecular weight excluding hydrogens is 294 g/mol. The molecule has 1 aromatic carbocycles. The van der Waals surface area contributed by atoms with E-state index in [9.17, 15) is 13.6 Å². The average molecular weight is 310 g/mol. The maximum atomic E-state index is 12.5. The van der Waals surface area contributed by atoms with Gasteiger partial charge in [-0.2, -0.15) is 4.98 Å². The van der Waals surface area contributed by atoms with Crippen LogP contribution in [-0.2, 0) is 17.9 Å². The minimum atomic E-state index is -2.57. The van der Waals surface area contributed by atoms with Gasteiger partial charge in [0.1, 0.15) is 13.2 Å². The van der Waals surface area contributed by atoms with Gasteiger partial charge in [-0.05, 0) is 18.6 Å². The number of nitrogens with zero attached hydrogens (tertiary/aromatic N) is 3. The molecule has 1 heterocycles. The highest BCUT2D eigenvalue weighted by Crippen LogP contribution is 2.12. The number of benzene rings is 1. The number of ether oxygens (including phenoxy) is 1. The van der Waals surface area contributed by atoms with E-state index in [1.54, 1.807) is 25.1 Å².